The number of hydrogen-bond donors (Lipinski definition) is 0. The van der Waals surface area contributed by atoms with Gasteiger partial charge in [-0.2, -0.15) is 0 Å². The standard InChI is InChI=1S/C21H36N2O6/c24-20(28-14-4-1-2-8-22-10-16-26-17-11-22)6-7-21(25)29-15-5-3-9-23-12-18-27-19-13-23/h6-7H,1-5,8-19H2/b7-6+. The van der Waals surface area contributed by atoms with Crippen LogP contribution in [0, 0.1) is 0 Å². The molecule has 166 valence electrons. The van der Waals surface area contributed by atoms with Gasteiger partial charge in [0.15, 0.2) is 0 Å². The Bertz CT molecular complexity index is 488. The van der Waals surface area contributed by atoms with Gasteiger partial charge in [0.2, 0.25) is 0 Å². The molecular weight excluding hydrogens is 376 g/mol. The highest BCUT2D eigenvalue weighted by molar-refractivity contribution is 5.91. The molecule has 0 N–H and O–H groups in total. The van der Waals surface area contributed by atoms with E-state index in [1.54, 1.807) is 0 Å². The number of rotatable bonds is 13. The second-order valence-corrected chi connectivity index (χ2v) is 7.34. The van der Waals surface area contributed by atoms with Gasteiger partial charge in [-0.05, 0) is 45.2 Å². The first-order valence-electron chi connectivity index (χ1n) is 10.9. The number of esters is 2. The van der Waals surface area contributed by atoms with Crippen molar-refractivity contribution in [2.24, 2.45) is 0 Å². The topological polar surface area (TPSA) is 77.5 Å². The fourth-order valence-corrected chi connectivity index (χ4v) is 3.28. The third kappa shape index (κ3) is 12.0. The number of hydrogen-bond acceptors (Lipinski definition) is 8. The molecule has 0 atom stereocenters. The van der Waals surface area contributed by atoms with Crippen LogP contribution >= 0.6 is 0 Å². The zero-order valence-corrected chi connectivity index (χ0v) is 17.5. The molecular formula is C21H36N2O6. The first-order valence-corrected chi connectivity index (χ1v) is 10.9. The number of carbonyl (C=O) groups is 2. The Morgan fingerprint density at radius 1 is 0.655 bits per heavy atom. The van der Waals surface area contributed by atoms with Crippen LogP contribution in [0.25, 0.3) is 0 Å². The molecule has 2 heterocycles. The second-order valence-electron chi connectivity index (χ2n) is 7.34. The zero-order chi connectivity index (χ0) is 20.6. The van der Waals surface area contributed by atoms with Crippen molar-refractivity contribution >= 4 is 11.9 Å². The molecule has 0 radical (unpaired) electrons. The van der Waals surface area contributed by atoms with Crippen molar-refractivity contribution in [1.82, 2.24) is 9.80 Å². The molecule has 0 spiro atoms. The molecule has 2 fully saturated rings. The molecule has 0 bridgehead atoms. The molecule has 0 aromatic carbocycles. The highest BCUT2D eigenvalue weighted by atomic mass is 16.5. The molecule has 0 unspecified atom stereocenters. The Hall–Kier alpha value is -1.48. The van der Waals surface area contributed by atoms with Gasteiger partial charge in [0, 0.05) is 38.3 Å². The lowest BCUT2D eigenvalue weighted by molar-refractivity contribution is -0.140. The van der Waals surface area contributed by atoms with Gasteiger partial charge in [-0.25, -0.2) is 9.59 Å². The normalized spacial score (nSPS) is 18.8. The minimum absolute atomic E-state index is 0.367. The third-order valence-corrected chi connectivity index (χ3v) is 5.04. The van der Waals surface area contributed by atoms with E-state index in [-0.39, 0.29) is 0 Å². The summed E-state index contributed by atoms with van der Waals surface area (Å²) in [5.74, 6) is -0.999. The largest absolute Gasteiger partial charge is 0.463 e. The van der Waals surface area contributed by atoms with Gasteiger partial charge in [-0.1, -0.05) is 0 Å². The molecule has 0 amide bonds. The molecule has 0 aromatic heterocycles. The van der Waals surface area contributed by atoms with Gasteiger partial charge in [0.1, 0.15) is 0 Å². The third-order valence-electron chi connectivity index (χ3n) is 5.04. The maximum Gasteiger partial charge on any atom is 0.331 e. The van der Waals surface area contributed by atoms with E-state index in [4.69, 9.17) is 18.9 Å². The first kappa shape index (κ1) is 23.8. The number of carbonyl (C=O) groups excluding carboxylic acids is 2. The van der Waals surface area contributed by atoms with Gasteiger partial charge >= 0.3 is 11.9 Å². The fourth-order valence-electron chi connectivity index (χ4n) is 3.28. The minimum atomic E-state index is -0.501. The number of ether oxygens (including phenoxy) is 4. The Morgan fingerprint density at radius 2 is 1.07 bits per heavy atom. The van der Waals surface area contributed by atoms with Gasteiger partial charge < -0.3 is 18.9 Å². The van der Waals surface area contributed by atoms with Crippen LogP contribution in [0.5, 0.6) is 0 Å². The molecule has 0 saturated carbocycles. The molecule has 2 aliphatic rings. The van der Waals surface area contributed by atoms with E-state index in [1.807, 2.05) is 0 Å². The molecule has 8 nitrogen and oxygen atoms in total. The molecule has 29 heavy (non-hydrogen) atoms. The fraction of sp³-hybridized carbons (Fsp3) is 0.810. The van der Waals surface area contributed by atoms with Crippen LogP contribution in [0.1, 0.15) is 32.1 Å². The average Bonchev–Trinajstić information content (AvgIpc) is 2.76. The molecule has 0 aromatic rings. The minimum Gasteiger partial charge on any atom is -0.463 e. The van der Waals surface area contributed by atoms with E-state index in [9.17, 15) is 9.59 Å². The highest BCUT2D eigenvalue weighted by Gasteiger charge is 2.10. The van der Waals surface area contributed by atoms with Crippen molar-refractivity contribution in [3.05, 3.63) is 12.2 Å². The van der Waals surface area contributed by atoms with Crippen molar-refractivity contribution < 1.29 is 28.5 Å². The van der Waals surface area contributed by atoms with Crippen molar-refractivity contribution in [3.63, 3.8) is 0 Å². The average molecular weight is 413 g/mol. The summed E-state index contributed by atoms with van der Waals surface area (Å²) >= 11 is 0. The van der Waals surface area contributed by atoms with E-state index < -0.39 is 11.9 Å². The Morgan fingerprint density at radius 3 is 1.55 bits per heavy atom. The molecule has 0 aliphatic carbocycles. The van der Waals surface area contributed by atoms with E-state index in [2.05, 4.69) is 9.80 Å². The van der Waals surface area contributed by atoms with Gasteiger partial charge in [0.25, 0.3) is 0 Å². The maximum absolute atomic E-state index is 11.6. The van der Waals surface area contributed by atoms with Crippen molar-refractivity contribution in [3.8, 4) is 0 Å². The van der Waals surface area contributed by atoms with Crippen LogP contribution in [0.2, 0.25) is 0 Å². The first-order chi connectivity index (χ1) is 14.2. The lowest BCUT2D eigenvalue weighted by Crippen LogP contribution is -2.36. The predicted molar refractivity (Wildman–Crippen MR) is 109 cm³/mol. The van der Waals surface area contributed by atoms with Crippen LogP contribution in [0.3, 0.4) is 0 Å². The van der Waals surface area contributed by atoms with Crippen molar-refractivity contribution in [2.75, 3.05) is 78.9 Å². The van der Waals surface area contributed by atoms with Crippen LogP contribution in [-0.2, 0) is 28.5 Å². The number of unbranched alkanes of at least 4 members (excludes halogenated alkanes) is 3. The summed E-state index contributed by atoms with van der Waals surface area (Å²) in [7, 11) is 0. The molecule has 2 aliphatic heterocycles. The number of nitrogens with zero attached hydrogens (tertiary/aromatic N) is 2. The van der Waals surface area contributed by atoms with Gasteiger partial charge in [-0.3, -0.25) is 9.80 Å². The van der Waals surface area contributed by atoms with E-state index >= 15 is 0 Å². The van der Waals surface area contributed by atoms with E-state index in [0.29, 0.717) is 13.2 Å². The van der Waals surface area contributed by atoms with Crippen LogP contribution in [0.4, 0.5) is 0 Å². The van der Waals surface area contributed by atoms with Crippen LogP contribution < -0.4 is 0 Å². The summed E-state index contributed by atoms with van der Waals surface area (Å²) in [6.45, 7) is 9.99. The quantitative estimate of drug-likeness (QED) is 0.254. The van der Waals surface area contributed by atoms with Crippen molar-refractivity contribution in [1.29, 1.82) is 0 Å². The van der Waals surface area contributed by atoms with E-state index in [0.717, 1.165) is 110 Å². The summed E-state index contributed by atoms with van der Waals surface area (Å²) < 4.78 is 20.8. The maximum atomic E-state index is 11.6. The number of morpholine rings is 2. The highest BCUT2D eigenvalue weighted by Crippen LogP contribution is 2.03. The summed E-state index contributed by atoms with van der Waals surface area (Å²) in [4.78, 5) is 28.0. The molecule has 2 rings (SSSR count). The summed E-state index contributed by atoms with van der Waals surface area (Å²) in [6, 6.07) is 0. The summed E-state index contributed by atoms with van der Waals surface area (Å²) in [5, 5.41) is 0. The van der Waals surface area contributed by atoms with Gasteiger partial charge in [-0.15, -0.1) is 0 Å². The Balaban J connectivity index is 1.39. The molecule has 2 saturated heterocycles. The van der Waals surface area contributed by atoms with Crippen LogP contribution in [-0.4, -0.2) is 101 Å². The Kier molecular flexibility index (Phi) is 12.6. The monoisotopic (exact) mass is 412 g/mol. The van der Waals surface area contributed by atoms with Crippen molar-refractivity contribution in [2.45, 2.75) is 32.1 Å². The second kappa shape index (κ2) is 15.4. The zero-order valence-electron chi connectivity index (χ0n) is 17.5. The Labute approximate surface area is 174 Å². The molecule has 8 heteroatoms. The predicted octanol–water partition coefficient (Wildman–Crippen LogP) is 1.24. The smallest absolute Gasteiger partial charge is 0.331 e. The van der Waals surface area contributed by atoms with Gasteiger partial charge in [0.05, 0.1) is 39.6 Å². The lowest BCUT2D eigenvalue weighted by atomic mass is 10.2. The SMILES string of the molecule is O=C(/C=C/C(=O)OCCCCN1CCOCC1)OCCCCCN1CCOCC1. The summed E-state index contributed by atoms with van der Waals surface area (Å²) in [5.41, 5.74) is 0. The van der Waals surface area contributed by atoms with E-state index in [1.165, 1.54) is 0 Å². The summed E-state index contributed by atoms with van der Waals surface area (Å²) in [6.07, 6.45) is 7.01. The lowest BCUT2D eigenvalue weighted by Gasteiger charge is -2.26. The van der Waals surface area contributed by atoms with Crippen LogP contribution in [0.15, 0.2) is 12.2 Å².